The highest BCUT2D eigenvalue weighted by Gasteiger charge is 2.44. The Kier molecular flexibility index (Phi) is 3.92. The number of rotatable bonds is 3. The zero-order chi connectivity index (χ0) is 13.3. The maximum atomic E-state index is 2.55. The molecular formula is C17H34N2+2. The summed E-state index contributed by atoms with van der Waals surface area (Å²) >= 11 is 0. The van der Waals surface area contributed by atoms with Crippen LogP contribution in [-0.4, -0.2) is 62.3 Å². The zero-order valence-corrected chi connectivity index (χ0v) is 13.2. The summed E-state index contributed by atoms with van der Waals surface area (Å²) in [6.45, 7) is 8.72. The number of hydrogen-bond acceptors (Lipinski definition) is 0. The number of nitrogens with zero attached hydrogens (tertiary/aromatic N) is 2. The van der Waals surface area contributed by atoms with Crippen molar-refractivity contribution in [3.05, 3.63) is 0 Å². The SMILES string of the molecule is C[N+]1(CC[N+]2(C)C[C@@H]3CCCC[C@H]3C2)CCCCC1. The molecule has 0 amide bonds. The second kappa shape index (κ2) is 5.37. The van der Waals surface area contributed by atoms with Crippen molar-refractivity contribution < 1.29 is 8.97 Å². The minimum Gasteiger partial charge on any atom is -0.321 e. The van der Waals surface area contributed by atoms with Crippen molar-refractivity contribution in [2.45, 2.75) is 44.9 Å². The van der Waals surface area contributed by atoms with Crippen LogP contribution < -0.4 is 0 Å². The van der Waals surface area contributed by atoms with E-state index in [1.54, 1.807) is 0 Å². The monoisotopic (exact) mass is 266 g/mol. The van der Waals surface area contributed by atoms with Crippen molar-refractivity contribution >= 4 is 0 Å². The molecule has 3 rings (SSSR count). The smallest absolute Gasteiger partial charge is 0.128 e. The Morgan fingerprint density at radius 1 is 0.684 bits per heavy atom. The number of hydrogen-bond donors (Lipinski definition) is 0. The molecule has 0 aromatic heterocycles. The van der Waals surface area contributed by atoms with Crippen molar-refractivity contribution in [1.29, 1.82) is 0 Å². The fraction of sp³-hybridized carbons (Fsp3) is 1.00. The van der Waals surface area contributed by atoms with Gasteiger partial charge < -0.3 is 8.97 Å². The minimum atomic E-state index is 1.07. The minimum absolute atomic E-state index is 1.07. The maximum Gasteiger partial charge on any atom is 0.128 e. The second-order valence-electron chi connectivity index (χ2n) is 8.36. The van der Waals surface area contributed by atoms with Gasteiger partial charge in [0.05, 0.1) is 40.3 Å². The standard InChI is InChI=1S/C17H34N2/c1-18(10-6-3-7-11-18)12-13-19(2)14-16-8-4-5-9-17(16)15-19/h16-17H,3-15H2,1-2H3/q+2/t16-,17-/m0/s1. The van der Waals surface area contributed by atoms with Gasteiger partial charge in [0.1, 0.15) is 13.1 Å². The molecule has 2 atom stereocenters. The lowest BCUT2D eigenvalue weighted by atomic mass is 9.82. The van der Waals surface area contributed by atoms with E-state index in [2.05, 4.69) is 14.1 Å². The summed E-state index contributed by atoms with van der Waals surface area (Å²) in [5.74, 6) is 2.15. The van der Waals surface area contributed by atoms with Crippen molar-refractivity contribution in [3.63, 3.8) is 0 Å². The van der Waals surface area contributed by atoms with Crippen LogP contribution in [0.15, 0.2) is 0 Å². The summed E-state index contributed by atoms with van der Waals surface area (Å²) in [6, 6.07) is 0. The lowest BCUT2D eigenvalue weighted by Crippen LogP contribution is -2.55. The van der Waals surface area contributed by atoms with Crippen LogP contribution in [0.2, 0.25) is 0 Å². The third-order valence-electron chi connectivity index (χ3n) is 6.49. The van der Waals surface area contributed by atoms with E-state index in [-0.39, 0.29) is 0 Å². The molecule has 3 fully saturated rings. The molecule has 2 saturated heterocycles. The van der Waals surface area contributed by atoms with Crippen molar-refractivity contribution in [3.8, 4) is 0 Å². The van der Waals surface area contributed by atoms with Crippen molar-refractivity contribution in [2.75, 3.05) is 53.4 Å². The fourth-order valence-electron chi connectivity index (χ4n) is 5.14. The van der Waals surface area contributed by atoms with Gasteiger partial charge in [0.15, 0.2) is 0 Å². The molecule has 3 aliphatic rings. The highest BCUT2D eigenvalue weighted by Crippen LogP contribution is 2.39. The van der Waals surface area contributed by atoms with Crippen LogP contribution in [0.25, 0.3) is 0 Å². The summed E-state index contributed by atoms with van der Waals surface area (Å²) in [6.07, 6.45) is 10.5. The summed E-state index contributed by atoms with van der Waals surface area (Å²) in [5, 5.41) is 0. The second-order valence-corrected chi connectivity index (χ2v) is 8.36. The Morgan fingerprint density at radius 2 is 1.21 bits per heavy atom. The molecule has 19 heavy (non-hydrogen) atoms. The summed E-state index contributed by atoms with van der Waals surface area (Å²) < 4.78 is 2.76. The van der Waals surface area contributed by atoms with Crippen LogP contribution in [-0.2, 0) is 0 Å². The van der Waals surface area contributed by atoms with E-state index in [0.717, 1.165) is 11.8 Å². The van der Waals surface area contributed by atoms with Gasteiger partial charge >= 0.3 is 0 Å². The molecule has 0 unspecified atom stereocenters. The van der Waals surface area contributed by atoms with Gasteiger partial charge in [-0.15, -0.1) is 0 Å². The predicted octanol–water partition coefficient (Wildman–Crippen LogP) is 2.88. The lowest BCUT2D eigenvalue weighted by Gasteiger charge is -2.40. The molecule has 2 aliphatic heterocycles. The maximum absolute atomic E-state index is 2.55. The van der Waals surface area contributed by atoms with E-state index < -0.39 is 0 Å². The molecule has 0 radical (unpaired) electrons. The highest BCUT2D eigenvalue weighted by molar-refractivity contribution is 4.80. The van der Waals surface area contributed by atoms with Gasteiger partial charge in [-0.2, -0.15) is 0 Å². The van der Waals surface area contributed by atoms with Crippen LogP contribution >= 0.6 is 0 Å². The Balaban J connectivity index is 1.54. The molecule has 2 nitrogen and oxygen atoms in total. The Hall–Kier alpha value is -0.0800. The zero-order valence-electron chi connectivity index (χ0n) is 13.2. The molecule has 2 heteroatoms. The first-order valence-corrected chi connectivity index (χ1v) is 8.76. The van der Waals surface area contributed by atoms with E-state index in [1.165, 1.54) is 93.2 Å². The molecule has 0 aromatic rings. The molecule has 1 aliphatic carbocycles. The van der Waals surface area contributed by atoms with Crippen molar-refractivity contribution in [1.82, 2.24) is 0 Å². The quantitative estimate of drug-likeness (QED) is 0.689. The average Bonchev–Trinajstić information content (AvgIpc) is 2.74. The van der Waals surface area contributed by atoms with Gasteiger partial charge in [-0.1, -0.05) is 12.8 Å². The van der Waals surface area contributed by atoms with Gasteiger partial charge in [0, 0.05) is 11.8 Å². The van der Waals surface area contributed by atoms with E-state index in [1.807, 2.05) is 0 Å². The Morgan fingerprint density at radius 3 is 1.79 bits per heavy atom. The van der Waals surface area contributed by atoms with E-state index in [0.29, 0.717) is 0 Å². The molecular weight excluding hydrogens is 232 g/mol. The first-order valence-electron chi connectivity index (χ1n) is 8.76. The Bertz CT molecular complexity index is 292. The number of piperidine rings is 1. The van der Waals surface area contributed by atoms with E-state index >= 15 is 0 Å². The molecule has 110 valence electrons. The normalized spacial score (nSPS) is 36.9. The van der Waals surface area contributed by atoms with Crippen LogP contribution in [0.3, 0.4) is 0 Å². The topological polar surface area (TPSA) is 0 Å². The molecule has 1 saturated carbocycles. The largest absolute Gasteiger partial charge is 0.321 e. The number of quaternary nitrogens is 2. The third-order valence-corrected chi connectivity index (χ3v) is 6.49. The van der Waals surface area contributed by atoms with Crippen LogP contribution in [0.4, 0.5) is 0 Å². The Labute approximate surface area is 120 Å². The van der Waals surface area contributed by atoms with Gasteiger partial charge in [0.25, 0.3) is 0 Å². The van der Waals surface area contributed by atoms with Gasteiger partial charge in [-0.3, -0.25) is 0 Å². The summed E-state index contributed by atoms with van der Waals surface area (Å²) in [5.41, 5.74) is 0. The average molecular weight is 266 g/mol. The molecule has 2 heterocycles. The summed E-state index contributed by atoms with van der Waals surface area (Å²) in [7, 11) is 5.06. The van der Waals surface area contributed by atoms with Gasteiger partial charge in [0.2, 0.25) is 0 Å². The van der Waals surface area contributed by atoms with Gasteiger partial charge in [-0.05, 0) is 32.1 Å². The van der Waals surface area contributed by atoms with Crippen LogP contribution in [0, 0.1) is 11.8 Å². The molecule has 0 aromatic carbocycles. The molecule has 0 N–H and O–H groups in total. The highest BCUT2D eigenvalue weighted by atomic mass is 15.4. The van der Waals surface area contributed by atoms with E-state index in [9.17, 15) is 0 Å². The number of likely N-dealkylation sites (N-methyl/N-ethyl adjacent to an activating group) is 2. The fourth-order valence-corrected chi connectivity index (χ4v) is 5.14. The third kappa shape index (κ3) is 3.16. The van der Waals surface area contributed by atoms with Gasteiger partial charge in [-0.25, -0.2) is 0 Å². The summed E-state index contributed by atoms with van der Waals surface area (Å²) in [4.78, 5) is 0. The van der Waals surface area contributed by atoms with Crippen LogP contribution in [0.1, 0.15) is 44.9 Å². The number of likely N-dealkylation sites (tertiary alicyclic amines) is 2. The molecule has 0 bridgehead atoms. The first-order chi connectivity index (χ1) is 9.09. The van der Waals surface area contributed by atoms with Crippen LogP contribution in [0.5, 0.6) is 0 Å². The number of fused-ring (bicyclic) bond motifs is 1. The van der Waals surface area contributed by atoms with E-state index in [4.69, 9.17) is 0 Å². The lowest BCUT2D eigenvalue weighted by molar-refractivity contribution is -0.961. The predicted molar refractivity (Wildman–Crippen MR) is 80.9 cm³/mol. The molecule has 0 spiro atoms. The van der Waals surface area contributed by atoms with Crippen molar-refractivity contribution in [2.24, 2.45) is 11.8 Å². The first kappa shape index (κ1) is 13.9.